The summed E-state index contributed by atoms with van der Waals surface area (Å²) in [5, 5.41) is 8.98. The third-order valence-corrected chi connectivity index (χ3v) is 6.23. The number of aliphatic hydroxyl groups excluding tert-OH is 1. The second-order valence-electron chi connectivity index (χ2n) is 5.31. The molecule has 2 N–H and O–H groups in total. The highest BCUT2D eigenvalue weighted by atomic mass is 79.9. The average Bonchev–Trinajstić information content (AvgIpc) is 2.69. The quantitative estimate of drug-likeness (QED) is 0.792. The van der Waals surface area contributed by atoms with Gasteiger partial charge in [0.15, 0.2) is 4.67 Å². The number of furan rings is 1. The Hall–Kier alpha value is -0.410. The van der Waals surface area contributed by atoms with Crippen LogP contribution in [-0.4, -0.2) is 44.6 Å². The van der Waals surface area contributed by atoms with E-state index in [1.165, 1.54) is 6.07 Å². The van der Waals surface area contributed by atoms with Crippen molar-refractivity contribution in [2.75, 3.05) is 20.6 Å². The minimum absolute atomic E-state index is 0.0229. The number of sulfonamides is 1. The van der Waals surface area contributed by atoms with Crippen molar-refractivity contribution in [1.82, 2.24) is 9.62 Å². The summed E-state index contributed by atoms with van der Waals surface area (Å²) < 4.78 is 32.4. The van der Waals surface area contributed by atoms with Crippen molar-refractivity contribution in [2.24, 2.45) is 0 Å². The fraction of sp³-hybridized carbons (Fsp3) is 0.667. The zero-order chi connectivity index (χ0) is 15.0. The first-order valence-corrected chi connectivity index (χ1v) is 8.64. The maximum Gasteiger partial charge on any atom is 0.245 e. The summed E-state index contributed by atoms with van der Waals surface area (Å²) >= 11 is 3.07. The molecular formula is C12H19BrN2O4S. The van der Waals surface area contributed by atoms with E-state index in [0.717, 1.165) is 19.3 Å². The van der Waals surface area contributed by atoms with Crippen LogP contribution in [0.5, 0.6) is 0 Å². The molecule has 1 fully saturated rings. The molecule has 0 unspecified atom stereocenters. The van der Waals surface area contributed by atoms with Crippen molar-refractivity contribution >= 4 is 26.0 Å². The van der Waals surface area contributed by atoms with Crippen molar-refractivity contribution < 1.29 is 17.9 Å². The highest BCUT2D eigenvalue weighted by Crippen LogP contribution is 2.36. The van der Waals surface area contributed by atoms with Crippen LogP contribution in [0, 0.1) is 0 Å². The van der Waals surface area contributed by atoms with Crippen LogP contribution in [0.2, 0.25) is 0 Å². The predicted octanol–water partition coefficient (Wildman–Crippen LogP) is 1.30. The van der Waals surface area contributed by atoms with Gasteiger partial charge < -0.3 is 14.4 Å². The normalized spacial score (nSPS) is 18.2. The molecule has 1 saturated carbocycles. The highest BCUT2D eigenvalue weighted by molar-refractivity contribution is 9.10. The number of nitrogens with zero attached hydrogens (tertiary/aromatic N) is 1. The SMILES string of the molecule is CN(C)C1(CNS(=O)(=O)c2cc(CO)oc2Br)CCC1. The van der Waals surface area contributed by atoms with E-state index >= 15 is 0 Å². The Balaban J connectivity index is 2.13. The van der Waals surface area contributed by atoms with Crippen LogP contribution in [0.1, 0.15) is 25.0 Å². The minimum atomic E-state index is -3.65. The van der Waals surface area contributed by atoms with E-state index in [2.05, 4.69) is 25.6 Å². The Morgan fingerprint density at radius 3 is 2.55 bits per heavy atom. The van der Waals surface area contributed by atoms with Gasteiger partial charge in [0, 0.05) is 18.2 Å². The molecule has 1 aliphatic carbocycles. The summed E-state index contributed by atoms with van der Waals surface area (Å²) in [5.41, 5.74) is -0.0942. The third kappa shape index (κ3) is 2.94. The van der Waals surface area contributed by atoms with Gasteiger partial charge in [-0.25, -0.2) is 13.1 Å². The lowest BCUT2D eigenvalue weighted by Crippen LogP contribution is -2.57. The van der Waals surface area contributed by atoms with Crippen LogP contribution in [0.4, 0.5) is 0 Å². The monoisotopic (exact) mass is 366 g/mol. The van der Waals surface area contributed by atoms with Gasteiger partial charge in [-0.3, -0.25) is 0 Å². The molecule has 6 nitrogen and oxygen atoms in total. The van der Waals surface area contributed by atoms with Gasteiger partial charge in [-0.05, 0) is 49.3 Å². The van der Waals surface area contributed by atoms with Crippen LogP contribution in [-0.2, 0) is 16.6 Å². The molecule has 0 bridgehead atoms. The van der Waals surface area contributed by atoms with Gasteiger partial charge in [0.2, 0.25) is 10.0 Å². The van der Waals surface area contributed by atoms with E-state index in [9.17, 15) is 8.42 Å². The summed E-state index contributed by atoms with van der Waals surface area (Å²) in [7, 11) is 0.275. The Morgan fingerprint density at radius 1 is 1.50 bits per heavy atom. The second-order valence-corrected chi connectivity index (χ2v) is 7.76. The Bertz CT molecular complexity index is 578. The summed E-state index contributed by atoms with van der Waals surface area (Å²) in [4.78, 5) is 2.09. The molecule has 1 heterocycles. The lowest BCUT2D eigenvalue weighted by atomic mass is 9.76. The molecule has 0 amide bonds. The number of hydrogen-bond donors (Lipinski definition) is 2. The van der Waals surface area contributed by atoms with Crippen LogP contribution >= 0.6 is 15.9 Å². The van der Waals surface area contributed by atoms with Crippen LogP contribution < -0.4 is 4.72 Å². The van der Waals surface area contributed by atoms with Gasteiger partial charge in [-0.1, -0.05) is 0 Å². The van der Waals surface area contributed by atoms with Crippen molar-refractivity contribution in [3.63, 3.8) is 0 Å². The van der Waals surface area contributed by atoms with Crippen molar-refractivity contribution in [3.05, 3.63) is 16.5 Å². The molecule has 0 aromatic carbocycles. The topological polar surface area (TPSA) is 82.8 Å². The zero-order valence-corrected chi connectivity index (χ0v) is 13.9. The first kappa shape index (κ1) is 16.0. The molecule has 0 radical (unpaired) electrons. The van der Waals surface area contributed by atoms with E-state index in [-0.39, 0.29) is 27.5 Å². The molecule has 2 rings (SSSR count). The molecule has 1 aromatic heterocycles. The van der Waals surface area contributed by atoms with Gasteiger partial charge in [-0.2, -0.15) is 0 Å². The molecular weight excluding hydrogens is 348 g/mol. The Kier molecular flexibility index (Phi) is 4.60. The maximum atomic E-state index is 12.3. The lowest BCUT2D eigenvalue weighted by molar-refractivity contribution is 0.0656. The Labute approximate surface area is 127 Å². The van der Waals surface area contributed by atoms with Crippen LogP contribution in [0.3, 0.4) is 0 Å². The summed E-state index contributed by atoms with van der Waals surface area (Å²) in [6.07, 6.45) is 3.08. The molecule has 0 aliphatic heterocycles. The minimum Gasteiger partial charge on any atom is -0.450 e. The number of likely N-dealkylation sites (N-methyl/N-ethyl adjacent to an activating group) is 1. The van der Waals surface area contributed by atoms with Gasteiger partial charge in [0.25, 0.3) is 0 Å². The number of halogens is 1. The van der Waals surface area contributed by atoms with E-state index in [1.807, 2.05) is 14.1 Å². The lowest BCUT2D eigenvalue weighted by Gasteiger charge is -2.47. The summed E-state index contributed by atoms with van der Waals surface area (Å²) in [6, 6.07) is 1.33. The number of rotatable bonds is 6. The molecule has 1 aromatic rings. The van der Waals surface area contributed by atoms with Gasteiger partial charge >= 0.3 is 0 Å². The smallest absolute Gasteiger partial charge is 0.245 e. The van der Waals surface area contributed by atoms with E-state index in [0.29, 0.717) is 6.54 Å². The first-order valence-electron chi connectivity index (χ1n) is 6.37. The number of nitrogens with one attached hydrogen (secondary N) is 1. The second kappa shape index (κ2) is 5.76. The van der Waals surface area contributed by atoms with E-state index < -0.39 is 10.0 Å². The summed E-state index contributed by atoms with van der Waals surface area (Å²) in [6.45, 7) is 0.0319. The van der Waals surface area contributed by atoms with Gasteiger partial charge in [-0.15, -0.1) is 0 Å². The van der Waals surface area contributed by atoms with E-state index in [4.69, 9.17) is 9.52 Å². The predicted molar refractivity (Wildman–Crippen MR) is 77.8 cm³/mol. The van der Waals surface area contributed by atoms with Crippen molar-refractivity contribution in [1.29, 1.82) is 0 Å². The fourth-order valence-electron chi connectivity index (χ4n) is 2.33. The largest absolute Gasteiger partial charge is 0.450 e. The van der Waals surface area contributed by atoms with Crippen LogP contribution in [0.15, 0.2) is 20.0 Å². The van der Waals surface area contributed by atoms with Crippen molar-refractivity contribution in [3.8, 4) is 0 Å². The van der Waals surface area contributed by atoms with Crippen LogP contribution in [0.25, 0.3) is 0 Å². The molecule has 114 valence electrons. The molecule has 0 spiro atoms. The molecule has 1 aliphatic rings. The Morgan fingerprint density at radius 2 is 2.15 bits per heavy atom. The molecule has 20 heavy (non-hydrogen) atoms. The molecule has 8 heteroatoms. The average molecular weight is 367 g/mol. The standard InChI is InChI=1S/C12H19BrN2O4S/c1-15(2)12(4-3-5-12)8-14-20(17,18)10-6-9(7-16)19-11(10)13/h6,14,16H,3-5,7-8H2,1-2H3. The third-order valence-electron chi connectivity index (χ3n) is 3.98. The zero-order valence-electron chi connectivity index (χ0n) is 11.5. The maximum absolute atomic E-state index is 12.3. The highest BCUT2D eigenvalue weighted by Gasteiger charge is 2.40. The number of hydrogen-bond acceptors (Lipinski definition) is 5. The van der Waals surface area contributed by atoms with E-state index in [1.54, 1.807) is 0 Å². The molecule has 0 saturated heterocycles. The van der Waals surface area contributed by atoms with Gasteiger partial charge in [0.05, 0.1) is 0 Å². The first-order chi connectivity index (χ1) is 9.31. The van der Waals surface area contributed by atoms with Gasteiger partial charge in [0.1, 0.15) is 17.3 Å². The summed E-state index contributed by atoms with van der Waals surface area (Å²) in [5.74, 6) is 0.211. The fourth-order valence-corrected chi connectivity index (χ4v) is 4.45. The van der Waals surface area contributed by atoms with Crippen molar-refractivity contribution in [2.45, 2.75) is 36.3 Å². The number of aliphatic hydroxyl groups is 1. The molecule has 0 atom stereocenters.